The van der Waals surface area contributed by atoms with E-state index in [0.717, 1.165) is 3.57 Å². The fourth-order valence-corrected chi connectivity index (χ4v) is 2.65. The minimum atomic E-state index is -4.15. The molecule has 0 spiro atoms. The lowest BCUT2D eigenvalue weighted by Gasteiger charge is -2.34. The first-order valence-electron chi connectivity index (χ1n) is 6.64. The molecule has 21 heavy (non-hydrogen) atoms. The Labute approximate surface area is 135 Å². The van der Waals surface area contributed by atoms with Gasteiger partial charge in [-0.2, -0.15) is 13.2 Å². The Balaban J connectivity index is 1.80. The summed E-state index contributed by atoms with van der Waals surface area (Å²) in [6.07, 6.45) is -4.15. The number of carbonyl (C=O) groups excluding carboxylic acids is 1. The predicted molar refractivity (Wildman–Crippen MR) is 82.4 cm³/mol. The Morgan fingerprint density at radius 1 is 1.05 bits per heavy atom. The average Bonchev–Trinajstić information content (AvgIpc) is 2.40. The van der Waals surface area contributed by atoms with E-state index in [1.807, 2.05) is 17.0 Å². The van der Waals surface area contributed by atoms with Crippen molar-refractivity contribution in [1.29, 1.82) is 0 Å². The molecule has 0 aromatic heterocycles. The van der Waals surface area contributed by atoms with Crippen molar-refractivity contribution in [2.45, 2.75) is 6.18 Å². The summed E-state index contributed by atoms with van der Waals surface area (Å²) in [7, 11) is 0. The van der Waals surface area contributed by atoms with E-state index in [9.17, 15) is 18.0 Å². The van der Waals surface area contributed by atoms with Gasteiger partial charge in [0.05, 0.1) is 13.1 Å². The number of alkyl halides is 3. The molecule has 1 aliphatic rings. The average molecular weight is 412 g/mol. The standard InChI is InChI=1S/C14H16F3IN2O/c15-14(16,17)10-20-7-5-19(6-8-20)9-13(21)11-1-3-12(18)4-2-11/h1-4H,5-10H2. The molecule has 0 amide bonds. The van der Waals surface area contributed by atoms with Gasteiger partial charge in [-0.05, 0) is 34.7 Å². The summed E-state index contributed by atoms with van der Waals surface area (Å²) in [6.45, 7) is 1.07. The van der Waals surface area contributed by atoms with E-state index in [1.54, 1.807) is 12.1 Å². The maximum absolute atomic E-state index is 12.3. The monoisotopic (exact) mass is 412 g/mol. The lowest BCUT2D eigenvalue weighted by Crippen LogP contribution is -2.50. The van der Waals surface area contributed by atoms with Crippen LogP contribution in [0.25, 0.3) is 0 Å². The van der Waals surface area contributed by atoms with Gasteiger partial charge in [0.25, 0.3) is 0 Å². The van der Waals surface area contributed by atoms with Gasteiger partial charge in [0.15, 0.2) is 5.78 Å². The second-order valence-electron chi connectivity index (χ2n) is 5.10. The van der Waals surface area contributed by atoms with Crippen molar-refractivity contribution in [2.24, 2.45) is 0 Å². The number of nitrogens with zero attached hydrogens (tertiary/aromatic N) is 2. The highest BCUT2D eigenvalue weighted by Gasteiger charge is 2.32. The van der Waals surface area contributed by atoms with Gasteiger partial charge >= 0.3 is 6.18 Å². The summed E-state index contributed by atoms with van der Waals surface area (Å²) < 4.78 is 37.9. The predicted octanol–water partition coefficient (Wildman–Crippen LogP) is 2.65. The molecule has 0 aliphatic carbocycles. The number of ketones is 1. The maximum atomic E-state index is 12.3. The number of halogens is 4. The van der Waals surface area contributed by atoms with Crippen LogP contribution in [0.2, 0.25) is 0 Å². The van der Waals surface area contributed by atoms with Crippen LogP contribution in [0.1, 0.15) is 10.4 Å². The van der Waals surface area contributed by atoms with Gasteiger partial charge < -0.3 is 0 Å². The molecule has 0 saturated carbocycles. The molecule has 0 unspecified atom stereocenters. The zero-order valence-electron chi connectivity index (χ0n) is 11.4. The van der Waals surface area contributed by atoms with E-state index >= 15 is 0 Å². The Morgan fingerprint density at radius 2 is 1.57 bits per heavy atom. The van der Waals surface area contributed by atoms with Crippen molar-refractivity contribution in [1.82, 2.24) is 9.80 Å². The summed E-state index contributed by atoms with van der Waals surface area (Å²) in [6, 6.07) is 7.30. The van der Waals surface area contributed by atoms with Gasteiger partial charge in [0.2, 0.25) is 0 Å². The van der Waals surface area contributed by atoms with Crippen LogP contribution < -0.4 is 0 Å². The molecular weight excluding hydrogens is 396 g/mol. The summed E-state index contributed by atoms with van der Waals surface area (Å²) in [4.78, 5) is 15.4. The van der Waals surface area contributed by atoms with Crippen LogP contribution in [0.5, 0.6) is 0 Å². The Morgan fingerprint density at radius 3 is 2.10 bits per heavy atom. The molecule has 116 valence electrons. The minimum absolute atomic E-state index is 0.00988. The zero-order valence-corrected chi connectivity index (χ0v) is 13.5. The molecule has 1 fully saturated rings. The van der Waals surface area contributed by atoms with Gasteiger partial charge in [0, 0.05) is 35.3 Å². The highest BCUT2D eigenvalue weighted by molar-refractivity contribution is 14.1. The van der Waals surface area contributed by atoms with Crippen molar-refractivity contribution < 1.29 is 18.0 Å². The molecule has 3 nitrogen and oxygen atoms in total. The quantitative estimate of drug-likeness (QED) is 0.562. The van der Waals surface area contributed by atoms with Crippen LogP contribution in [0.3, 0.4) is 0 Å². The third-order valence-electron chi connectivity index (χ3n) is 3.40. The van der Waals surface area contributed by atoms with Crippen LogP contribution >= 0.6 is 22.6 Å². The molecule has 0 atom stereocenters. The first kappa shape index (κ1) is 16.7. The van der Waals surface area contributed by atoms with Gasteiger partial charge in [-0.3, -0.25) is 14.6 Å². The molecule has 0 radical (unpaired) electrons. The zero-order chi connectivity index (χ0) is 15.5. The fraction of sp³-hybridized carbons (Fsp3) is 0.500. The van der Waals surface area contributed by atoms with Gasteiger partial charge in [-0.15, -0.1) is 0 Å². The van der Waals surface area contributed by atoms with E-state index in [4.69, 9.17) is 0 Å². The molecule has 1 aromatic carbocycles. The largest absolute Gasteiger partial charge is 0.401 e. The summed E-state index contributed by atoms with van der Waals surface area (Å²) in [5.74, 6) is 0.00988. The molecule has 7 heteroatoms. The number of hydrogen-bond acceptors (Lipinski definition) is 3. The highest BCUT2D eigenvalue weighted by Crippen LogP contribution is 2.17. The molecule has 1 saturated heterocycles. The number of hydrogen-bond donors (Lipinski definition) is 0. The second kappa shape index (κ2) is 7.06. The number of rotatable bonds is 4. The number of carbonyl (C=O) groups is 1. The second-order valence-corrected chi connectivity index (χ2v) is 6.34. The lowest BCUT2D eigenvalue weighted by molar-refractivity contribution is -0.149. The molecule has 1 aromatic rings. The van der Waals surface area contributed by atoms with Crippen LogP contribution in [0, 0.1) is 3.57 Å². The molecule has 0 bridgehead atoms. The van der Waals surface area contributed by atoms with E-state index in [1.165, 1.54) is 4.90 Å². The SMILES string of the molecule is O=C(CN1CCN(CC(F)(F)F)CC1)c1ccc(I)cc1. The van der Waals surface area contributed by atoms with E-state index in [0.29, 0.717) is 31.7 Å². The van der Waals surface area contributed by atoms with Gasteiger partial charge in [-0.25, -0.2) is 0 Å². The number of piperazine rings is 1. The smallest absolute Gasteiger partial charge is 0.293 e. The van der Waals surface area contributed by atoms with E-state index < -0.39 is 12.7 Å². The Hall–Kier alpha value is -0.670. The van der Waals surface area contributed by atoms with Crippen molar-refractivity contribution in [3.05, 3.63) is 33.4 Å². The van der Waals surface area contributed by atoms with Crippen molar-refractivity contribution >= 4 is 28.4 Å². The normalized spacial score (nSPS) is 17.9. The highest BCUT2D eigenvalue weighted by atomic mass is 127. The molecule has 0 N–H and O–H groups in total. The third-order valence-corrected chi connectivity index (χ3v) is 4.12. The van der Waals surface area contributed by atoms with Crippen molar-refractivity contribution in [3.63, 3.8) is 0 Å². The van der Waals surface area contributed by atoms with Crippen LogP contribution in [0.4, 0.5) is 13.2 Å². The number of benzene rings is 1. The lowest BCUT2D eigenvalue weighted by atomic mass is 10.1. The van der Waals surface area contributed by atoms with Crippen LogP contribution in [0.15, 0.2) is 24.3 Å². The summed E-state index contributed by atoms with van der Waals surface area (Å²) in [5, 5.41) is 0. The Bertz CT molecular complexity index is 482. The summed E-state index contributed by atoms with van der Waals surface area (Å²) in [5.41, 5.74) is 0.646. The molecule has 2 rings (SSSR count). The molecule has 1 aliphatic heterocycles. The Kier molecular flexibility index (Phi) is 5.61. The fourth-order valence-electron chi connectivity index (χ4n) is 2.29. The summed E-state index contributed by atoms with van der Waals surface area (Å²) >= 11 is 2.17. The third kappa shape index (κ3) is 5.55. The topological polar surface area (TPSA) is 23.6 Å². The molecule has 1 heterocycles. The van der Waals surface area contributed by atoms with E-state index in [-0.39, 0.29) is 12.3 Å². The van der Waals surface area contributed by atoms with Gasteiger partial charge in [0.1, 0.15) is 0 Å². The van der Waals surface area contributed by atoms with E-state index in [2.05, 4.69) is 22.6 Å². The van der Waals surface area contributed by atoms with Crippen LogP contribution in [-0.4, -0.2) is 61.0 Å². The van der Waals surface area contributed by atoms with Crippen molar-refractivity contribution in [2.75, 3.05) is 39.3 Å². The number of Topliss-reactive ketones (excluding diaryl/α,β-unsaturated/α-hetero) is 1. The first-order valence-corrected chi connectivity index (χ1v) is 7.71. The first-order chi connectivity index (χ1) is 9.83. The maximum Gasteiger partial charge on any atom is 0.401 e. The van der Waals surface area contributed by atoms with Crippen molar-refractivity contribution in [3.8, 4) is 0 Å². The minimum Gasteiger partial charge on any atom is -0.293 e. The van der Waals surface area contributed by atoms with Gasteiger partial charge in [-0.1, -0.05) is 12.1 Å². The molecular formula is C14H16F3IN2O. The van der Waals surface area contributed by atoms with Crippen LogP contribution in [-0.2, 0) is 0 Å².